The zero-order valence-corrected chi connectivity index (χ0v) is 35.1. The molecular formula is C46H55N7O6. The topological polar surface area (TPSA) is 138 Å². The zero-order valence-electron chi connectivity index (χ0n) is 35.1. The van der Waals surface area contributed by atoms with E-state index in [2.05, 4.69) is 52.4 Å². The Kier molecular flexibility index (Phi) is 13.0. The molecule has 2 aliphatic rings. The van der Waals surface area contributed by atoms with E-state index in [4.69, 9.17) is 49.1 Å². The first kappa shape index (κ1) is 41.1. The summed E-state index contributed by atoms with van der Waals surface area (Å²) in [6.07, 6.45) is 4.89. The summed E-state index contributed by atoms with van der Waals surface area (Å²) in [5.41, 5.74) is 14.7. The monoisotopic (exact) mass is 801 g/mol. The summed E-state index contributed by atoms with van der Waals surface area (Å²) in [6, 6.07) is 22.4. The smallest absolute Gasteiger partial charge is 0.200 e. The van der Waals surface area contributed by atoms with Gasteiger partial charge in [0.25, 0.3) is 0 Å². The van der Waals surface area contributed by atoms with Crippen LogP contribution in [0.15, 0.2) is 84.1 Å². The van der Waals surface area contributed by atoms with Gasteiger partial charge >= 0.3 is 0 Å². The van der Waals surface area contributed by atoms with Crippen molar-refractivity contribution >= 4 is 11.6 Å². The molecule has 1 fully saturated rings. The number of hydrogen-bond acceptors (Lipinski definition) is 13. The molecule has 3 heterocycles. The average molecular weight is 802 g/mol. The SMILES string of the molecule is CCOc1cc(CN2CCC(NC3=NC(N)c4c(ccc(C)c4-c4ncc(-c5ccc(OC)c(OC)c5)cn4)N3Cc3ccc(OC)c(OCC)c3)CC2)ccc1OC. The quantitative estimate of drug-likeness (QED) is 0.108. The third-order valence-corrected chi connectivity index (χ3v) is 10.9. The van der Waals surface area contributed by atoms with E-state index in [0.29, 0.717) is 48.6 Å². The molecule has 7 rings (SSSR count). The molecule has 13 heteroatoms. The van der Waals surface area contributed by atoms with Crippen molar-refractivity contribution < 1.29 is 28.4 Å². The van der Waals surface area contributed by atoms with E-state index in [9.17, 15) is 0 Å². The lowest BCUT2D eigenvalue weighted by atomic mass is 9.95. The summed E-state index contributed by atoms with van der Waals surface area (Å²) in [6.45, 7) is 10.3. The molecular weight excluding hydrogens is 747 g/mol. The molecule has 0 spiro atoms. The normalized spacial score (nSPS) is 15.6. The van der Waals surface area contributed by atoms with Crippen LogP contribution in [0.1, 0.15) is 55.1 Å². The molecule has 2 aliphatic heterocycles. The number of benzene rings is 4. The number of nitrogens with two attached hydrogens (primary N) is 1. The lowest BCUT2D eigenvalue weighted by Crippen LogP contribution is -2.51. The van der Waals surface area contributed by atoms with E-state index >= 15 is 0 Å². The first-order valence-corrected chi connectivity index (χ1v) is 20.1. The van der Waals surface area contributed by atoms with Gasteiger partial charge in [0.05, 0.1) is 53.9 Å². The maximum absolute atomic E-state index is 7.05. The zero-order chi connectivity index (χ0) is 41.5. The third kappa shape index (κ3) is 9.01. The molecule has 1 aromatic heterocycles. The van der Waals surface area contributed by atoms with Gasteiger partial charge < -0.3 is 44.4 Å². The molecule has 13 nitrogen and oxygen atoms in total. The maximum atomic E-state index is 7.05. The summed E-state index contributed by atoms with van der Waals surface area (Å²) < 4.78 is 33.9. The van der Waals surface area contributed by atoms with Crippen LogP contribution in [0.3, 0.4) is 0 Å². The van der Waals surface area contributed by atoms with E-state index in [1.165, 1.54) is 5.56 Å². The molecule has 4 aromatic carbocycles. The van der Waals surface area contributed by atoms with Gasteiger partial charge in [-0.15, -0.1) is 0 Å². The highest BCUT2D eigenvalue weighted by molar-refractivity contribution is 6.00. The first-order valence-electron chi connectivity index (χ1n) is 20.1. The number of nitrogens with one attached hydrogen (secondary N) is 1. The predicted molar refractivity (Wildman–Crippen MR) is 231 cm³/mol. The number of aryl methyl sites for hydroxylation is 1. The molecule has 5 aromatic rings. The highest BCUT2D eigenvalue weighted by Gasteiger charge is 2.32. The minimum atomic E-state index is -0.655. The van der Waals surface area contributed by atoms with Gasteiger partial charge in [-0.3, -0.25) is 4.90 Å². The van der Waals surface area contributed by atoms with Crippen LogP contribution in [-0.2, 0) is 13.1 Å². The van der Waals surface area contributed by atoms with Crippen LogP contribution in [0, 0.1) is 6.92 Å². The van der Waals surface area contributed by atoms with Gasteiger partial charge in [0.15, 0.2) is 40.3 Å². The van der Waals surface area contributed by atoms with Crippen molar-refractivity contribution in [2.45, 2.75) is 58.9 Å². The molecule has 0 amide bonds. The number of aromatic nitrogens is 2. The van der Waals surface area contributed by atoms with Gasteiger partial charge in [-0.2, -0.15) is 0 Å². The number of hydrogen-bond donors (Lipinski definition) is 2. The molecule has 1 unspecified atom stereocenters. The van der Waals surface area contributed by atoms with Crippen molar-refractivity contribution in [2.75, 3.05) is 59.6 Å². The summed E-state index contributed by atoms with van der Waals surface area (Å²) in [5, 5.41) is 3.83. The van der Waals surface area contributed by atoms with E-state index in [1.807, 2.05) is 62.6 Å². The van der Waals surface area contributed by atoms with E-state index in [0.717, 1.165) is 89.0 Å². The highest BCUT2D eigenvalue weighted by atomic mass is 16.5. The molecule has 1 atom stereocenters. The number of likely N-dealkylation sites (tertiary alicyclic amines) is 1. The van der Waals surface area contributed by atoms with Crippen molar-refractivity contribution in [2.24, 2.45) is 10.7 Å². The lowest BCUT2D eigenvalue weighted by Gasteiger charge is -2.39. The number of fused-ring (bicyclic) bond motifs is 1. The lowest BCUT2D eigenvalue weighted by molar-refractivity contribution is 0.198. The standard InChI is InChI=1S/C46H55N7O6/c1-8-58-40-22-30(11-15-37(40)55-5)27-52-20-18-34(19-21-52)50-46-51-44(47)43-35(53(46)28-31-12-16-38(56-6)41(23-31)59-9-2)14-10-29(3)42(43)45-48-25-33(26-49-45)32-13-17-36(54-4)39(24-32)57-7/h10-17,22-26,34,44H,8-9,18-21,27-28,47H2,1-7H3,(H,50,51). The summed E-state index contributed by atoms with van der Waals surface area (Å²) in [4.78, 5) is 19.7. The van der Waals surface area contributed by atoms with Gasteiger partial charge in [-0.05, 0) is 98.3 Å². The Labute approximate surface area is 347 Å². The van der Waals surface area contributed by atoms with Crippen LogP contribution in [0.25, 0.3) is 22.5 Å². The predicted octanol–water partition coefficient (Wildman–Crippen LogP) is 7.54. The highest BCUT2D eigenvalue weighted by Crippen LogP contribution is 2.41. The second-order valence-corrected chi connectivity index (χ2v) is 14.6. The van der Waals surface area contributed by atoms with E-state index in [1.54, 1.807) is 28.4 Å². The van der Waals surface area contributed by atoms with Crippen molar-refractivity contribution in [3.8, 4) is 57.0 Å². The van der Waals surface area contributed by atoms with E-state index < -0.39 is 6.17 Å². The number of piperidine rings is 1. The Bertz CT molecular complexity index is 2260. The number of ether oxygens (including phenoxy) is 6. The minimum Gasteiger partial charge on any atom is -0.493 e. The number of methoxy groups -OCH3 is 4. The maximum Gasteiger partial charge on any atom is 0.200 e. The third-order valence-electron chi connectivity index (χ3n) is 10.9. The second kappa shape index (κ2) is 18.7. The van der Waals surface area contributed by atoms with Crippen molar-refractivity contribution in [3.05, 3.63) is 101 Å². The molecule has 0 bridgehead atoms. The molecule has 1 saturated heterocycles. The van der Waals surface area contributed by atoms with Gasteiger partial charge in [-0.25, -0.2) is 15.0 Å². The fourth-order valence-corrected chi connectivity index (χ4v) is 7.86. The Hall–Kier alpha value is -6.05. The number of aliphatic imine (C=N–C) groups is 1. The van der Waals surface area contributed by atoms with Crippen LogP contribution >= 0.6 is 0 Å². The largest absolute Gasteiger partial charge is 0.493 e. The number of anilines is 1. The number of guanidine groups is 1. The Balaban J connectivity index is 1.17. The number of nitrogens with zero attached hydrogens (tertiary/aromatic N) is 5. The molecule has 0 radical (unpaired) electrons. The molecule has 0 aliphatic carbocycles. The minimum absolute atomic E-state index is 0.198. The van der Waals surface area contributed by atoms with Gasteiger partial charge in [0.2, 0.25) is 5.96 Å². The van der Waals surface area contributed by atoms with Crippen LogP contribution in [-0.4, -0.2) is 81.6 Å². The second-order valence-electron chi connectivity index (χ2n) is 14.6. The van der Waals surface area contributed by atoms with Crippen LogP contribution in [0.5, 0.6) is 34.5 Å². The van der Waals surface area contributed by atoms with Crippen molar-refractivity contribution in [1.82, 2.24) is 20.2 Å². The first-order chi connectivity index (χ1) is 28.8. The summed E-state index contributed by atoms with van der Waals surface area (Å²) in [7, 11) is 6.57. The Morgan fingerprint density at radius 1 is 0.678 bits per heavy atom. The molecule has 59 heavy (non-hydrogen) atoms. The van der Waals surface area contributed by atoms with Crippen LogP contribution < -0.4 is 44.4 Å². The Morgan fingerprint density at radius 3 is 1.85 bits per heavy atom. The van der Waals surface area contributed by atoms with Crippen molar-refractivity contribution in [3.63, 3.8) is 0 Å². The number of rotatable bonds is 15. The van der Waals surface area contributed by atoms with Crippen molar-refractivity contribution in [1.29, 1.82) is 0 Å². The summed E-state index contributed by atoms with van der Waals surface area (Å²) in [5.74, 6) is 5.50. The summed E-state index contributed by atoms with van der Waals surface area (Å²) >= 11 is 0. The fourth-order valence-electron chi connectivity index (χ4n) is 7.86. The van der Waals surface area contributed by atoms with Gasteiger partial charge in [0, 0.05) is 54.8 Å². The molecule has 3 N–H and O–H groups in total. The van der Waals surface area contributed by atoms with Crippen LogP contribution in [0.2, 0.25) is 0 Å². The Morgan fingerprint density at radius 2 is 1.25 bits per heavy atom. The molecule has 310 valence electrons. The van der Waals surface area contributed by atoms with Gasteiger partial charge in [0.1, 0.15) is 6.17 Å². The van der Waals surface area contributed by atoms with E-state index in [-0.39, 0.29) is 6.04 Å². The average Bonchev–Trinajstić information content (AvgIpc) is 3.26. The fraction of sp³-hybridized carbons (Fsp3) is 0.370. The van der Waals surface area contributed by atoms with Crippen LogP contribution in [0.4, 0.5) is 5.69 Å². The molecule has 0 saturated carbocycles. The van der Waals surface area contributed by atoms with Gasteiger partial charge in [-0.1, -0.05) is 24.3 Å².